The molecule has 3 heterocycles. The van der Waals surface area contributed by atoms with E-state index in [1.807, 2.05) is 38.1 Å². The number of hydrogen-bond donors (Lipinski definition) is 2. The zero-order valence-corrected chi connectivity index (χ0v) is 14.2. The molecule has 1 aliphatic rings. The summed E-state index contributed by atoms with van der Waals surface area (Å²) in [6, 6.07) is 8.01. The summed E-state index contributed by atoms with van der Waals surface area (Å²) in [5, 5.41) is 10.4. The van der Waals surface area contributed by atoms with Crippen LogP contribution in [-0.4, -0.2) is 39.5 Å². The van der Waals surface area contributed by atoms with Crippen LogP contribution in [0.3, 0.4) is 0 Å². The van der Waals surface area contributed by atoms with Gasteiger partial charge in [0.1, 0.15) is 11.3 Å². The van der Waals surface area contributed by atoms with E-state index >= 15 is 0 Å². The lowest BCUT2D eigenvalue weighted by molar-refractivity contribution is 0.108. The summed E-state index contributed by atoms with van der Waals surface area (Å²) in [5.41, 5.74) is 8.74. The Morgan fingerprint density at radius 1 is 1.29 bits per heavy atom. The number of nitrogen functional groups attached to an aromatic ring is 1. The summed E-state index contributed by atoms with van der Waals surface area (Å²) in [6.07, 6.45) is 1.37. The highest BCUT2D eigenvalue weighted by atomic mass is 16.5. The third kappa shape index (κ3) is 2.72. The summed E-state index contributed by atoms with van der Waals surface area (Å²) in [5.74, 6) is 1.41. The maximum absolute atomic E-state index is 9.39. The molecule has 1 unspecified atom stereocenters. The third-order valence-electron chi connectivity index (χ3n) is 4.23. The fraction of sp³-hybridized carbons (Fsp3) is 0.444. The number of rotatable bonds is 2. The highest BCUT2D eigenvalue weighted by Gasteiger charge is 2.24. The molecule has 0 aliphatic carbocycles. The van der Waals surface area contributed by atoms with Crippen LogP contribution in [0.2, 0.25) is 0 Å². The van der Waals surface area contributed by atoms with Crippen molar-refractivity contribution in [2.24, 2.45) is 0 Å². The maximum Gasteiger partial charge on any atom is 0.152 e. The third-order valence-corrected chi connectivity index (χ3v) is 4.23. The van der Waals surface area contributed by atoms with Crippen LogP contribution in [-0.2, 0) is 11.2 Å². The minimum atomic E-state index is 0.0673. The average molecular weight is 328 g/mol. The van der Waals surface area contributed by atoms with Crippen molar-refractivity contribution in [3.8, 4) is 0 Å². The molecule has 1 atom stereocenters. The zero-order valence-electron chi connectivity index (χ0n) is 14.2. The molecular formula is C18H24N4O2. The van der Waals surface area contributed by atoms with Gasteiger partial charge < -0.3 is 20.1 Å². The number of fused-ring (bicyclic) bond motifs is 5. The van der Waals surface area contributed by atoms with Crippen LogP contribution in [0, 0.1) is 0 Å². The van der Waals surface area contributed by atoms with Gasteiger partial charge in [0, 0.05) is 18.4 Å². The lowest BCUT2D eigenvalue weighted by Gasteiger charge is -2.18. The van der Waals surface area contributed by atoms with Crippen molar-refractivity contribution in [3.05, 3.63) is 30.1 Å². The molecule has 0 spiro atoms. The standard InChI is InChI=1S/C16H18N4O2.C2H6/c17-16-14-15(11-3-1-2-4-12(11)18-16)20-10(5-7-21)9-22-8-6-13(20)19-14;1-2/h1-4,10,21H,5-9H2,(H2,17,18);1-2H3. The molecule has 1 aromatic carbocycles. The lowest BCUT2D eigenvalue weighted by Crippen LogP contribution is -2.16. The van der Waals surface area contributed by atoms with Crippen molar-refractivity contribution in [1.82, 2.24) is 14.5 Å². The van der Waals surface area contributed by atoms with Crippen LogP contribution in [0.25, 0.3) is 21.9 Å². The molecule has 6 heteroatoms. The van der Waals surface area contributed by atoms with Crippen molar-refractivity contribution >= 4 is 27.8 Å². The Hall–Kier alpha value is -2.18. The molecule has 6 nitrogen and oxygen atoms in total. The first-order valence-electron chi connectivity index (χ1n) is 8.53. The molecule has 3 N–H and O–H groups in total. The van der Waals surface area contributed by atoms with E-state index in [1.54, 1.807) is 0 Å². The van der Waals surface area contributed by atoms with Gasteiger partial charge in [0.2, 0.25) is 0 Å². The number of nitrogens with zero attached hydrogens (tertiary/aromatic N) is 3. The topological polar surface area (TPSA) is 86.2 Å². The molecule has 3 aromatic rings. The Kier molecular flexibility index (Phi) is 4.97. The number of aromatic nitrogens is 3. The Balaban J connectivity index is 0.000000815. The van der Waals surface area contributed by atoms with Crippen LogP contribution in [0.5, 0.6) is 0 Å². The summed E-state index contributed by atoms with van der Waals surface area (Å²) < 4.78 is 7.87. The van der Waals surface area contributed by atoms with E-state index in [1.165, 1.54) is 0 Å². The lowest BCUT2D eigenvalue weighted by atomic mass is 10.1. The summed E-state index contributed by atoms with van der Waals surface area (Å²) in [6.45, 7) is 5.33. The number of aliphatic hydroxyl groups is 1. The Labute approximate surface area is 141 Å². The van der Waals surface area contributed by atoms with Gasteiger partial charge in [0.25, 0.3) is 0 Å². The highest BCUT2D eigenvalue weighted by molar-refractivity contribution is 6.06. The normalized spacial score (nSPS) is 17.2. The first-order valence-corrected chi connectivity index (χ1v) is 8.53. The van der Waals surface area contributed by atoms with E-state index in [0.29, 0.717) is 25.5 Å². The smallest absolute Gasteiger partial charge is 0.152 e. The fourth-order valence-electron chi connectivity index (χ4n) is 3.26. The molecule has 1 aliphatic heterocycles. The van der Waals surface area contributed by atoms with E-state index in [2.05, 4.69) is 9.55 Å². The summed E-state index contributed by atoms with van der Waals surface area (Å²) >= 11 is 0. The molecule has 0 fully saturated rings. The van der Waals surface area contributed by atoms with Gasteiger partial charge in [-0.15, -0.1) is 0 Å². The van der Waals surface area contributed by atoms with Gasteiger partial charge in [-0.2, -0.15) is 0 Å². The Bertz CT molecular complexity index is 844. The van der Waals surface area contributed by atoms with Crippen LogP contribution < -0.4 is 5.73 Å². The summed E-state index contributed by atoms with van der Waals surface area (Å²) in [7, 11) is 0. The van der Waals surface area contributed by atoms with Crippen molar-refractivity contribution in [2.75, 3.05) is 25.6 Å². The number of benzene rings is 1. The summed E-state index contributed by atoms with van der Waals surface area (Å²) in [4.78, 5) is 9.17. The molecule has 128 valence electrons. The van der Waals surface area contributed by atoms with Gasteiger partial charge in [-0.1, -0.05) is 32.0 Å². The van der Waals surface area contributed by atoms with E-state index in [-0.39, 0.29) is 12.6 Å². The Morgan fingerprint density at radius 3 is 2.88 bits per heavy atom. The minimum Gasteiger partial charge on any atom is -0.396 e. The first kappa shape index (κ1) is 16.7. The molecule has 4 rings (SSSR count). The van der Waals surface area contributed by atoms with Crippen molar-refractivity contribution in [2.45, 2.75) is 32.7 Å². The van der Waals surface area contributed by atoms with Gasteiger partial charge in [0.05, 0.1) is 30.3 Å². The quantitative estimate of drug-likeness (QED) is 0.755. The number of ether oxygens (including phenoxy) is 1. The van der Waals surface area contributed by atoms with Gasteiger partial charge in [-0.25, -0.2) is 9.97 Å². The molecular weight excluding hydrogens is 304 g/mol. The highest BCUT2D eigenvalue weighted by Crippen LogP contribution is 2.33. The predicted octanol–water partition coefficient (Wildman–Crippen LogP) is 2.69. The maximum atomic E-state index is 9.39. The monoisotopic (exact) mass is 328 g/mol. The number of hydrogen-bond acceptors (Lipinski definition) is 5. The van der Waals surface area contributed by atoms with Crippen molar-refractivity contribution in [1.29, 1.82) is 0 Å². The number of nitrogens with two attached hydrogens (primary N) is 1. The fourth-order valence-corrected chi connectivity index (χ4v) is 3.26. The van der Waals surface area contributed by atoms with Gasteiger partial charge in [-0.05, 0) is 12.5 Å². The predicted molar refractivity (Wildman–Crippen MR) is 96.1 cm³/mol. The average Bonchev–Trinajstić information content (AvgIpc) is 2.89. The van der Waals surface area contributed by atoms with Crippen LogP contribution >= 0.6 is 0 Å². The number of anilines is 1. The SMILES string of the molecule is CC.Nc1nc2ccccc2c2c1nc1n2C(CCO)COCC1. The molecule has 24 heavy (non-hydrogen) atoms. The van der Waals surface area contributed by atoms with Gasteiger partial charge >= 0.3 is 0 Å². The van der Waals surface area contributed by atoms with Crippen molar-refractivity contribution in [3.63, 3.8) is 0 Å². The molecule has 0 amide bonds. The van der Waals surface area contributed by atoms with Gasteiger partial charge in [-0.3, -0.25) is 0 Å². The molecule has 0 saturated heterocycles. The number of imidazole rings is 1. The second-order valence-electron chi connectivity index (χ2n) is 5.60. The second kappa shape index (κ2) is 7.15. The first-order chi connectivity index (χ1) is 11.8. The number of pyridine rings is 1. The zero-order chi connectivity index (χ0) is 17.1. The minimum absolute atomic E-state index is 0.0673. The van der Waals surface area contributed by atoms with Crippen molar-refractivity contribution < 1.29 is 9.84 Å². The van der Waals surface area contributed by atoms with Crippen LogP contribution in [0.4, 0.5) is 5.82 Å². The Morgan fingerprint density at radius 2 is 2.08 bits per heavy atom. The van der Waals surface area contributed by atoms with E-state index < -0.39 is 0 Å². The van der Waals surface area contributed by atoms with E-state index in [4.69, 9.17) is 15.5 Å². The molecule has 0 radical (unpaired) electrons. The second-order valence-corrected chi connectivity index (χ2v) is 5.60. The number of para-hydroxylation sites is 1. The van der Waals surface area contributed by atoms with E-state index in [0.717, 1.165) is 34.2 Å². The van der Waals surface area contributed by atoms with Gasteiger partial charge in [0.15, 0.2) is 5.82 Å². The molecule has 2 aromatic heterocycles. The molecule has 0 saturated carbocycles. The largest absolute Gasteiger partial charge is 0.396 e. The number of aliphatic hydroxyl groups excluding tert-OH is 1. The van der Waals surface area contributed by atoms with E-state index in [9.17, 15) is 5.11 Å². The van der Waals surface area contributed by atoms with Crippen LogP contribution in [0.15, 0.2) is 24.3 Å². The van der Waals surface area contributed by atoms with Crippen LogP contribution in [0.1, 0.15) is 32.1 Å². The molecule has 0 bridgehead atoms.